The van der Waals surface area contributed by atoms with E-state index in [1.54, 1.807) is 0 Å². The number of halogens is 1. The van der Waals surface area contributed by atoms with Gasteiger partial charge in [-0.1, -0.05) is 39.5 Å². The van der Waals surface area contributed by atoms with Crippen LogP contribution in [-0.2, 0) is 4.79 Å². The molecule has 0 aromatic heterocycles. The number of nitrogens with two attached hydrogens (primary N) is 1. The SMILES string of the molecule is CCC(C)C(N)C(=O)N1CCCCCCC1.Cl. The van der Waals surface area contributed by atoms with E-state index in [1.165, 1.54) is 19.3 Å². The van der Waals surface area contributed by atoms with Crippen LogP contribution in [0, 0.1) is 5.92 Å². The van der Waals surface area contributed by atoms with Gasteiger partial charge in [-0.2, -0.15) is 0 Å². The first-order chi connectivity index (χ1) is 7.66. The fourth-order valence-corrected chi connectivity index (χ4v) is 2.18. The molecule has 0 aromatic rings. The summed E-state index contributed by atoms with van der Waals surface area (Å²) >= 11 is 0. The lowest BCUT2D eigenvalue weighted by Gasteiger charge is -2.29. The zero-order valence-electron chi connectivity index (χ0n) is 11.2. The fourth-order valence-electron chi connectivity index (χ4n) is 2.18. The average Bonchev–Trinajstić information content (AvgIpc) is 2.26. The van der Waals surface area contributed by atoms with E-state index in [4.69, 9.17) is 5.73 Å². The smallest absolute Gasteiger partial charge is 0.239 e. The van der Waals surface area contributed by atoms with Gasteiger partial charge in [0.2, 0.25) is 5.91 Å². The van der Waals surface area contributed by atoms with Crippen molar-refractivity contribution in [2.24, 2.45) is 11.7 Å². The normalized spacial score (nSPS) is 20.8. The minimum absolute atomic E-state index is 0. The van der Waals surface area contributed by atoms with Gasteiger partial charge >= 0.3 is 0 Å². The summed E-state index contributed by atoms with van der Waals surface area (Å²) in [5, 5.41) is 0. The van der Waals surface area contributed by atoms with Crippen molar-refractivity contribution in [1.29, 1.82) is 0 Å². The number of rotatable bonds is 3. The van der Waals surface area contributed by atoms with E-state index in [0.29, 0.717) is 0 Å². The van der Waals surface area contributed by atoms with Crippen molar-refractivity contribution in [1.82, 2.24) is 4.90 Å². The summed E-state index contributed by atoms with van der Waals surface area (Å²) in [7, 11) is 0. The number of carbonyl (C=O) groups excluding carboxylic acids is 1. The van der Waals surface area contributed by atoms with E-state index < -0.39 is 0 Å². The molecule has 3 nitrogen and oxygen atoms in total. The van der Waals surface area contributed by atoms with Crippen LogP contribution in [0.15, 0.2) is 0 Å². The summed E-state index contributed by atoms with van der Waals surface area (Å²) in [4.78, 5) is 14.1. The molecule has 4 heteroatoms. The number of nitrogens with zero attached hydrogens (tertiary/aromatic N) is 1. The zero-order chi connectivity index (χ0) is 12.0. The van der Waals surface area contributed by atoms with Crippen molar-refractivity contribution < 1.29 is 4.79 Å². The number of hydrogen-bond acceptors (Lipinski definition) is 2. The van der Waals surface area contributed by atoms with Crippen molar-refractivity contribution in [3.8, 4) is 0 Å². The molecule has 102 valence electrons. The minimum Gasteiger partial charge on any atom is -0.341 e. The molecule has 0 spiro atoms. The van der Waals surface area contributed by atoms with E-state index in [1.807, 2.05) is 4.90 Å². The van der Waals surface area contributed by atoms with Gasteiger partial charge < -0.3 is 10.6 Å². The van der Waals surface area contributed by atoms with Crippen molar-refractivity contribution in [2.45, 2.75) is 58.4 Å². The molecule has 1 aliphatic heterocycles. The first-order valence-electron chi connectivity index (χ1n) is 6.71. The largest absolute Gasteiger partial charge is 0.341 e. The van der Waals surface area contributed by atoms with Crippen LogP contribution in [0.5, 0.6) is 0 Å². The average molecular weight is 263 g/mol. The quantitative estimate of drug-likeness (QED) is 0.850. The summed E-state index contributed by atoms with van der Waals surface area (Å²) in [6.45, 7) is 5.96. The van der Waals surface area contributed by atoms with Gasteiger partial charge in [0.05, 0.1) is 6.04 Å². The van der Waals surface area contributed by atoms with E-state index in [2.05, 4.69) is 13.8 Å². The van der Waals surface area contributed by atoms with Gasteiger partial charge in [-0.05, 0) is 18.8 Å². The summed E-state index contributed by atoms with van der Waals surface area (Å²) in [6, 6.07) is -0.301. The molecule has 1 heterocycles. The first-order valence-corrected chi connectivity index (χ1v) is 6.71. The molecule has 0 aliphatic carbocycles. The van der Waals surface area contributed by atoms with Gasteiger partial charge in [0.1, 0.15) is 0 Å². The molecule has 0 radical (unpaired) electrons. The molecule has 2 N–H and O–H groups in total. The molecule has 0 bridgehead atoms. The second kappa shape index (κ2) is 8.76. The predicted molar refractivity (Wildman–Crippen MR) is 74.3 cm³/mol. The monoisotopic (exact) mass is 262 g/mol. The Bertz CT molecular complexity index is 215. The van der Waals surface area contributed by atoms with Crippen molar-refractivity contribution in [2.75, 3.05) is 13.1 Å². The van der Waals surface area contributed by atoms with Crippen molar-refractivity contribution in [3.63, 3.8) is 0 Å². The van der Waals surface area contributed by atoms with Crippen LogP contribution in [0.2, 0.25) is 0 Å². The molecule has 1 fully saturated rings. The molecule has 17 heavy (non-hydrogen) atoms. The Hall–Kier alpha value is -0.280. The standard InChI is InChI=1S/C13H26N2O.ClH/c1-3-11(2)12(14)13(16)15-9-7-5-4-6-8-10-15;/h11-12H,3-10,14H2,1-2H3;1H. The molecule has 2 atom stereocenters. The third kappa shape index (κ3) is 5.26. The summed E-state index contributed by atoms with van der Waals surface area (Å²) in [6.07, 6.45) is 7.07. The fraction of sp³-hybridized carbons (Fsp3) is 0.923. The maximum absolute atomic E-state index is 12.2. The van der Waals surface area contributed by atoms with Gasteiger partial charge in [0.25, 0.3) is 0 Å². The Kier molecular flexibility index (Phi) is 8.61. The summed E-state index contributed by atoms with van der Waals surface area (Å²) in [5.74, 6) is 0.453. The molecule has 1 aliphatic rings. The van der Waals surface area contributed by atoms with Crippen molar-refractivity contribution in [3.05, 3.63) is 0 Å². The second-order valence-corrected chi connectivity index (χ2v) is 5.00. The molecular formula is C13H27ClN2O. The number of carbonyl (C=O) groups is 1. The lowest BCUT2D eigenvalue weighted by molar-refractivity contribution is -0.134. The highest BCUT2D eigenvalue weighted by molar-refractivity contribution is 5.85. The van der Waals surface area contributed by atoms with Gasteiger partial charge in [-0.25, -0.2) is 0 Å². The number of likely N-dealkylation sites (tertiary alicyclic amines) is 1. The Balaban J connectivity index is 0.00000256. The molecule has 1 rings (SSSR count). The third-order valence-electron chi connectivity index (χ3n) is 3.71. The topological polar surface area (TPSA) is 46.3 Å². The van der Waals surface area contributed by atoms with Crippen LogP contribution < -0.4 is 5.73 Å². The van der Waals surface area contributed by atoms with Crippen LogP contribution in [0.4, 0.5) is 0 Å². The van der Waals surface area contributed by atoms with Gasteiger partial charge in [-0.15, -0.1) is 12.4 Å². The Morgan fingerprint density at radius 2 is 1.65 bits per heavy atom. The third-order valence-corrected chi connectivity index (χ3v) is 3.71. The highest BCUT2D eigenvalue weighted by Gasteiger charge is 2.24. The molecule has 1 amide bonds. The number of hydrogen-bond donors (Lipinski definition) is 1. The second-order valence-electron chi connectivity index (χ2n) is 5.00. The van der Waals surface area contributed by atoms with Crippen LogP contribution in [-0.4, -0.2) is 29.9 Å². The summed E-state index contributed by atoms with van der Waals surface area (Å²) in [5.41, 5.74) is 6.00. The number of amides is 1. The Morgan fingerprint density at radius 3 is 2.12 bits per heavy atom. The highest BCUT2D eigenvalue weighted by Crippen LogP contribution is 2.14. The molecule has 1 saturated heterocycles. The maximum atomic E-state index is 12.2. The lowest BCUT2D eigenvalue weighted by atomic mass is 9.98. The van der Waals surface area contributed by atoms with Gasteiger partial charge in [0.15, 0.2) is 0 Å². The molecular weight excluding hydrogens is 236 g/mol. The molecule has 0 saturated carbocycles. The van der Waals surface area contributed by atoms with Crippen LogP contribution >= 0.6 is 12.4 Å². The van der Waals surface area contributed by atoms with Gasteiger partial charge in [-0.3, -0.25) is 4.79 Å². The lowest BCUT2D eigenvalue weighted by Crippen LogP contribution is -2.47. The maximum Gasteiger partial charge on any atom is 0.239 e. The van der Waals surface area contributed by atoms with E-state index in [-0.39, 0.29) is 30.3 Å². The van der Waals surface area contributed by atoms with Crippen LogP contribution in [0.3, 0.4) is 0 Å². The van der Waals surface area contributed by atoms with Crippen LogP contribution in [0.1, 0.15) is 52.4 Å². The van der Waals surface area contributed by atoms with Crippen LogP contribution in [0.25, 0.3) is 0 Å². The van der Waals surface area contributed by atoms with E-state index in [0.717, 1.165) is 32.4 Å². The first kappa shape index (κ1) is 16.7. The molecule has 0 aromatic carbocycles. The van der Waals surface area contributed by atoms with Crippen molar-refractivity contribution >= 4 is 18.3 Å². The minimum atomic E-state index is -0.301. The molecule has 2 unspecified atom stereocenters. The van der Waals surface area contributed by atoms with Gasteiger partial charge in [0, 0.05) is 13.1 Å². The Labute approximate surface area is 112 Å². The van der Waals surface area contributed by atoms with E-state index >= 15 is 0 Å². The van der Waals surface area contributed by atoms with E-state index in [9.17, 15) is 4.79 Å². The highest BCUT2D eigenvalue weighted by atomic mass is 35.5. The Morgan fingerprint density at radius 1 is 1.18 bits per heavy atom. The zero-order valence-corrected chi connectivity index (χ0v) is 12.0. The summed E-state index contributed by atoms with van der Waals surface area (Å²) < 4.78 is 0. The predicted octanol–water partition coefficient (Wildman–Crippen LogP) is 2.57.